The Labute approximate surface area is 259 Å². The summed E-state index contributed by atoms with van der Waals surface area (Å²) in [5.41, 5.74) is 1.94. The van der Waals surface area contributed by atoms with Gasteiger partial charge in [0.1, 0.15) is 6.04 Å². The van der Waals surface area contributed by atoms with Gasteiger partial charge in [-0.25, -0.2) is 0 Å². The minimum atomic E-state index is -0.835. The third-order valence-corrected chi connectivity index (χ3v) is 11.4. The van der Waals surface area contributed by atoms with Gasteiger partial charge in [0.15, 0.2) is 0 Å². The van der Waals surface area contributed by atoms with E-state index in [1.54, 1.807) is 33.7 Å². The number of rotatable bonds is 14. The molecule has 7 atom stereocenters. The van der Waals surface area contributed by atoms with E-state index in [0.717, 1.165) is 24.0 Å². The normalized spacial score (nSPS) is 27.9. The van der Waals surface area contributed by atoms with Gasteiger partial charge in [-0.05, 0) is 42.7 Å². The number of thioether (sulfide) groups is 1. The van der Waals surface area contributed by atoms with Crippen LogP contribution in [0.5, 0.6) is 0 Å². The number of aliphatic hydroxyl groups excluding tert-OH is 1. The molecule has 2 aromatic carbocycles. The van der Waals surface area contributed by atoms with Gasteiger partial charge in [0.25, 0.3) is 0 Å². The highest BCUT2D eigenvalue weighted by Crippen LogP contribution is 2.69. The third-order valence-electron chi connectivity index (χ3n) is 9.28. The van der Waals surface area contributed by atoms with Crippen molar-refractivity contribution < 1.29 is 24.2 Å². The predicted octanol–water partition coefficient (Wildman–Crippen LogP) is 4.65. The molecule has 8 heteroatoms. The minimum Gasteiger partial charge on any atom is -0.465 e. The van der Waals surface area contributed by atoms with E-state index in [0.29, 0.717) is 25.9 Å². The van der Waals surface area contributed by atoms with Crippen LogP contribution in [0.1, 0.15) is 37.3 Å². The lowest BCUT2D eigenvalue weighted by atomic mass is 9.66. The summed E-state index contributed by atoms with van der Waals surface area (Å²) >= 11 is 1.62. The number of allylic oxidation sites excluding steroid dienone is 1. The van der Waals surface area contributed by atoms with Crippen LogP contribution in [-0.2, 0) is 32.1 Å². The van der Waals surface area contributed by atoms with Crippen molar-refractivity contribution in [3.63, 3.8) is 0 Å². The van der Waals surface area contributed by atoms with Crippen molar-refractivity contribution in [3.8, 4) is 0 Å². The summed E-state index contributed by atoms with van der Waals surface area (Å²) in [6.45, 7) is 10.4. The lowest BCUT2D eigenvalue weighted by Gasteiger charge is -2.42. The van der Waals surface area contributed by atoms with Crippen LogP contribution < -0.4 is 0 Å². The zero-order valence-electron chi connectivity index (χ0n) is 24.8. The first kappa shape index (κ1) is 31.1. The van der Waals surface area contributed by atoms with Crippen LogP contribution >= 0.6 is 11.8 Å². The number of carbonyl (C=O) groups is 3. The van der Waals surface area contributed by atoms with Crippen molar-refractivity contribution in [2.45, 2.75) is 61.2 Å². The lowest BCUT2D eigenvalue weighted by molar-refractivity contribution is -0.155. The first-order chi connectivity index (χ1) is 20.9. The molecule has 0 radical (unpaired) electrons. The molecule has 5 rings (SSSR count). The van der Waals surface area contributed by atoms with Crippen LogP contribution in [0.25, 0.3) is 0 Å². The van der Waals surface area contributed by atoms with Gasteiger partial charge in [-0.15, -0.1) is 24.9 Å². The van der Waals surface area contributed by atoms with Crippen molar-refractivity contribution in [1.29, 1.82) is 0 Å². The summed E-state index contributed by atoms with van der Waals surface area (Å²) < 4.78 is 4.92. The molecule has 7 nitrogen and oxygen atoms in total. The largest absolute Gasteiger partial charge is 0.465 e. The molecule has 3 unspecified atom stereocenters. The Morgan fingerprint density at radius 2 is 1.79 bits per heavy atom. The van der Waals surface area contributed by atoms with Crippen LogP contribution in [0.3, 0.4) is 0 Å². The SMILES string of the molecule is C=CCCCOC(=O)[C@@H]1[C@H]2C(=O)N([C@@H](CO)Cc3ccccc3)C(C(=O)N(CC=C)Cc3ccccc3)C23S[C@@H]1CC3C. The molecule has 0 aromatic heterocycles. The van der Waals surface area contributed by atoms with E-state index >= 15 is 0 Å². The van der Waals surface area contributed by atoms with E-state index < -0.39 is 28.7 Å². The van der Waals surface area contributed by atoms with E-state index in [-0.39, 0.29) is 42.2 Å². The quantitative estimate of drug-likeness (QED) is 0.193. The Balaban J connectivity index is 1.55. The maximum Gasteiger partial charge on any atom is 0.310 e. The van der Waals surface area contributed by atoms with Crippen LogP contribution in [0, 0.1) is 17.8 Å². The lowest BCUT2D eigenvalue weighted by Crippen LogP contribution is -2.59. The van der Waals surface area contributed by atoms with Gasteiger partial charge < -0.3 is 19.6 Å². The molecule has 228 valence electrons. The highest BCUT2D eigenvalue weighted by atomic mass is 32.2. The number of amides is 2. The van der Waals surface area contributed by atoms with Crippen LogP contribution in [0.2, 0.25) is 0 Å². The first-order valence-electron chi connectivity index (χ1n) is 15.2. The van der Waals surface area contributed by atoms with E-state index in [9.17, 15) is 19.5 Å². The third kappa shape index (κ3) is 5.79. The Kier molecular flexibility index (Phi) is 9.77. The van der Waals surface area contributed by atoms with Crippen LogP contribution in [0.15, 0.2) is 86.0 Å². The Morgan fingerprint density at radius 1 is 1.12 bits per heavy atom. The van der Waals surface area contributed by atoms with Gasteiger partial charge in [-0.1, -0.05) is 79.7 Å². The van der Waals surface area contributed by atoms with Gasteiger partial charge in [0, 0.05) is 18.3 Å². The molecule has 1 spiro atoms. The van der Waals surface area contributed by atoms with Crippen molar-refractivity contribution in [2.24, 2.45) is 17.8 Å². The number of hydrogen-bond acceptors (Lipinski definition) is 6. The van der Waals surface area contributed by atoms with E-state index in [1.165, 1.54) is 0 Å². The molecule has 0 saturated carbocycles. The Hall–Kier alpha value is -3.36. The van der Waals surface area contributed by atoms with Crippen molar-refractivity contribution in [3.05, 3.63) is 97.1 Å². The molecular formula is C35H42N2O5S. The fourth-order valence-electron chi connectivity index (χ4n) is 7.40. The second-order valence-corrected chi connectivity index (χ2v) is 13.5. The van der Waals surface area contributed by atoms with Gasteiger partial charge in [-0.2, -0.15) is 0 Å². The van der Waals surface area contributed by atoms with Gasteiger partial charge >= 0.3 is 5.97 Å². The monoisotopic (exact) mass is 602 g/mol. The molecule has 1 N–H and O–H groups in total. The number of nitrogens with zero attached hydrogens (tertiary/aromatic N) is 2. The van der Waals surface area contributed by atoms with Crippen LogP contribution in [-0.4, -0.2) is 74.5 Å². The minimum absolute atomic E-state index is 0.0126. The van der Waals surface area contributed by atoms with Gasteiger partial charge in [0.2, 0.25) is 11.8 Å². The molecule has 2 bridgehead atoms. The zero-order chi connectivity index (χ0) is 30.6. The molecule has 3 fully saturated rings. The van der Waals surface area contributed by atoms with Crippen molar-refractivity contribution >= 4 is 29.5 Å². The number of hydrogen-bond donors (Lipinski definition) is 1. The molecule has 3 heterocycles. The molecule has 0 aliphatic carbocycles. The molecule has 2 aromatic rings. The summed E-state index contributed by atoms with van der Waals surface area (Å²) in [5, 5.41) is 10.6. The summed E-state index contributed by atoms with van der Waals surface area (Å²) in [7, 11) is 0. The fraction of sp³-hybridized carbons (Fsp3) is 0.457. The van der Waals surface area contributed by atoms with Gasteiger partial charge in [0.05, 0.1) is 35.8 Å². The number of ether oxygens (including phenoxy) is 1. The van der Waals surface area contributed by atoms with E-state index in [4.69, 9.17) is 4.74 Å². The second-order valence-electron chi connectivity index (χ2n) is 11.9. The average Bonchev–Trinajstić information content (AvgIpc) is 3.62. The number of benzene rings is 2. The Morgan fingerprint density at radius 3 is 2.42 bits per heavy atom. The maximum absolute atomic E-state index is 14.8. The number of fused-ring (bicyclic) bond motifs is 1. The summed E-state index contributed by atoms with van der Waals surface area (Å²) in [6, 6.07) is 18.0. The first-order valence-corrected chi connectivity index (χ1v) is 16.1. The summed E-state index contributed by atoms with van der Waals surface area (Å²) in [4.78, 5) is 46.5. The van der Waals surface area contributed by atoms with Gasteiger partial charge in [-0.3, -0.25) is 14.4 Å². The average molecular weight is 603 g/mol. The second kappa shape index (κ2) is 13.5. The van der Waals surface area contributed by atoms with Crippen molar-refractivity contribution in [1.82, 2.24) is 9.80 Å². The molecule has 3 saturated heterocycles. The highest BCUT2D eigenvalue weighted by molar-refractivity contribution is 8.02. The number of carbonyl (C=O) groups excluding carboxylic acids is 3. The molecule has 3 aliphatic heterocycles. The highest BCUT2D eigenvalue weighted by Gasteiger charge is 2.77. The number of likely N-dealkylation sites (tertiary alicyclic amines) is 1. The number of esters is 1. The van der Waals surface area contributed by atoms with Crippen LogP contribution in [0.4, 0.5) is 0 Å². The maximum atomic E-state index is 14.8. The topological polar surface area (TPSA) is 87.1 Å². The Bertz CT molecular complexity index is 1320. The zero-order valence-corrected chi connectivity index (χ0v) is 25.7. The molecular weight excluding hydrogens is 560 g/mol. The summed E-state index contributed by atoms with van der Waals surface area (Å²) in [6.07, 6.45) is 6.03. The van der Waals surface area contributed by atoms with E-state index in [1.807, 2.05) is 60.7 Å². The summed E-state index contributed by atoms with van der Waals surface area (Å²) in [5.74, 6) is -2.08. The number of aliphatic hydroxyl groups is 1. The molecule has 2 amide bonds. The predicted molar refractivity (Wildman–Crippen MR) is 169 cm³/mol. The molecule has 43 heavy (non-hydrogen) atoms. The number of unbranched alkanes of at least 4 members (excludes halogenated alkanes) is 1. The smallest absolute Gasteiger partial charge is 0.310 e. The molecule has 3 aliphatic rings. The van der Waals surface area contributed by atoms with Crippen molar-refractivity contribution in [2.75, 3.05) is 19.8 Å². The standard InChI is InChI=1S/C35H42N2O5S/c1-4-6-13-19-42-34(41)29-28-20-24(3)35(43-28)30(29)32(39)37(27(23-38)21-25-14-9-7-10-15-25)31(35)33(40)36(18-5-2)22-26-16-11-8-12-17-26/h4-5,7-12,14-17,24,27-31,38H,1-2,6,13,18-23H2,3H3/t24?,27-,28-,29+,30+,31?,35?/m1/s1. The van der Waals surface area contributed by atoms with E-state index in [2.05, 4.69) is 20.1 Å². The fourth-order valence-corrected chi connectivity index (χ4v) is 9.79.